The number of benzene rings is 1. The van der Waals surface area contributed by atoms with Gasteiger partial charge in [0.25, 0.3) is 0 Å². The minimum Gasteiger partial charge on any atom is -0.353 e. The lowest BCUT2D eigenvalue weighted by atomic mass is 9.85. The molecule has 1 N–H and O–H groups in total. The molecular formula is C28H33N5O2S. The molecule has 6 rings (SSSR count). The quantitative estimate of drug-likeness (QED) is 0.369. The van der Waals surface area contributed by atoms with Gasteiger partial charge in [-0.2, -0.15) is 0 Å². The van der Waals surface area contributed by atoms with E-state index in [2.05, 4.69) is 40.2 Å². The van der Waals surface area contributed by atoms with Gasteiger partial charge in [-0.3, -0.25) is 19.4 Å². The zero-order valence-corrected chi connectivity index (χ0v) is 21.6. The van der Waals surface area contributed by atoms with E-state index in [0.717, 1.165) is 75.6 Å². The summed E-state index contributed by atoms with van der Waals surface area (Å²) in [5.41, 5.74) is 3.23. The molecule has 4 heterocycles. The van der Waals surface area contributed by atoms with Crippen LogP contribution >= 0.6 is 11.3 Å². The molecule has 2 aromatic rings. The van der Waals surface area contributed by atoms with E-state index in [1.54, 1.807) is 11.3 Å². The number of para-hydroxylation sites is 2. The largest absolute Gasteiger partial charge is 0.353 e. The number of unbranched alkanes of at least 4 members (excludes halogenated alkanes) is 1. The smallest absolute Gasteiger partial charge is 0.233 e. The molecule has 0 bridgehead atoms. The minimum absolute atomic E-state index is 0.0474. The van der Waals surface area contributed by atoms with Crippen LogP contribution in [0.4, 0.5) is 16.4 Å². The number of amides is 2. The van der Waals surface area contributed by atoms with Gasteiger partial charge in [-0.15, -0.1) is 11.3 Å². The predicted molar refractivity (Wildman–Crippen MR) is 144 cm³/mol. The van der Waals surface area contributed by atoms with Crippen LogP contribution < -0.4 is 5.32 Å². The lowest BCUT2D eigenvalue weighted by Gasteiger charge is -2.36. The Bertz CT molecular complexity index is 1200. The second-order valence-electron chi connectivity index (χ2n) is 10.2. The molecule has 8 heteroatoms. The number of hydrogen-bond donors (Lipinski definition) is 1. The fourth-order valence-electron chi connectivity index (χ4n) is 5.87. The maximum atomic E-state index is 12.7. The van der Waals surface area contributed by atoms with E-state index in [9.17, 15) is 9.59 Å². The van der Waals surface area contributed by atoms with Gasteiger partial charge in [0.2, 0.25) is 11.8 Å². The normalized spacial score (nSPS) is 23.6. The van der Waals surface area contributed by atoms with Gasteiger partial charge < -0.3 is 10.2 Å². The molecule has 188 valence electrons. The summed E-state index contributed by atoms with van der Waals surface area (Å²) >= 11 is 1.78. The Morgan fingerprint density at radius 3 is 2.42 bits per heavy atom. The van der Waals surface area contributed by atoms with Gasteiger partial charge in [0, 0.05) is 37.6 Å². The van der Waals surface area contributed by atoms with Crippen molar-refractivity contribution in [1.29, 1.82) is 0 Å². The number of aryl methyl sites for hydroxylation is 1. The van der Waals surface area contributed by atoms with E-state index in [0.29, 0.717) is 6.54 Å². The first-order valence-corrected chi connectivity index (χ1v) is 13.9. The topological polar surface area (TPSA) is 68.2 Å². The van der Waals surface area contributed by atoms with Crippen LogP contribution in [0, 0.1) is 18.8 Å². The van der Waals surface area contributed by atoms with Crippen molar-refractivity contribution in [3.8, 4) is 0 Å². The highest BCUT2D eigenvalue weighted by atomic mass is 32.1. The molecule has 2 unspecified atom stereocenters. The first-order chi connectivity index (χ1) is 17.6. The van der Waals surface area contributed by atoms with Crippen LogP contribution in [0.2, 0.25) is 0 Å². The molecule has 1 aromatic heterocycles. The Kier molecular flexibility index (Phi) is 6.39. The number of nitrogens with one attached hydrogen (secondary N) is 1. The van der Waals surface area contributed by atoms with E-state index in [-0.39, 0.29) is 23.7 Å². The zero-order valence-electron chi connectivity index (χ0n) is 20.8. The third-order valence-electron chi connectivity index (χ3n) is 7.85. The number of hydrogen-bond acceptors (Lipinski definition) is 7. The van der Waals surface area contributed by atoms with Crippen molar-refractivity contribution >= 4 is 45.4 Å². The second kappa shape index (κ2) is 9.82. The van der Waals surface area contributed by atoms with E-state index in [1.807, 2.05) is 24.3 Å². The van der Waals surface area contributed by atoms with Crippen molar-refractivity contribution in [3.05, 3.63) is 52.9 Å². The molecule has 3 aliphatic heterocycles. The summed E-state index contributed by atoms with van der Waals surface area (Å²) in [5.74, 6) is 0.931. The van der Waals surface area contributed by atoms with Crippen LogP contribution in [0.15, 0.2) is 47.5 Å². The number of anilines is 2. The molecule has 2 atom stereocenters. The molecule has 0 spiro atoms. The zero-order chi connectivity index (χ0) is 24.6. The molecule has 2 saturated heterocycles. The van der Waals surface area contributed by atoms with Crippen molar-refractivity contribution in [2.24, 2.45) is 16.8 Å². The summed E-state index contributed by atoms with van der Waals surface area (Å²) in [6.45, 7) is 7.57. The summed E-state index contributed by atoms with van der Waals surface area (Å²) in [6.07, 6.45) is 7.40. The number of carbonyl (C=O) groups is 2. The SMILES string of the molecule is Cc1cc2c(s1)Nc1ccccc1N=C2N1CCN(CCCCN2C(=O)C3CC=CCC3C2=O)CC1. The number of allylic oxidation sites excluding steroid dienone is 2. The van der Waals surface area contributed by atoms with Crippen molar-refractivity contribution in [3.63, 3.8) is 0 Å². The van der Waals surface area contributed by atoms with Crippen LogP contribution in [0.5, 0.6) is 0 Å². The highest BCUT2D eigenvalue weighted by Gasteiger charge is 2.46. The maximum Gasteiger partial charge on any atom is 0.233 e. The number of imide groups is 1. The molecule has 0 radical (unpaired) electrons. The van der Waals surface area contributed by atoms with E-state index < -0.39 is 0 Å². The number of piperazine rings is 1. The predicted octanol–water partition coefficient (Wildman–Crippen LogP) is 4.54. The van der Waals surface area contributed by atoms with Gasteiger partial charge >= 0.3 is 0 Å². The Morgan fingerprint density at radius 1 is 0.972 bits per heavy atom. The fourth-order valence-corrected chi connectivity index (χ4v) is 6.79. The summed E-state index contributed by atoms with van der Waals surface area (Å²) in [4.78, 5) is 38.2. The molecular weight excluding hydrogens is 470 g/mol. The lowest BCUT2D eigenvalue weighted by Crippen LogP contribution is -2.49. The van der Waals surface area contributed by atoms with Crippen molar-refractivity contribution in [2.45, 2.75) is 32.6 Å². The number of amidine groups is 1. The first kappa shape index (κ1) is 23.4. The van der Waals surface area contributed by atoms with Crippen LogP contribution in [-0.4, -0.2) is 71.6 Å². The molecule has 0 saturated carbocycles. The summed E-state index contributed by atoms with van der Waals surface area (Å²) in [5, 5.41) is 4.76. The van der Waals surface area contributed by atoms with Crippen LogP contribution in [-0.2, 0) is 9.59 Å². The Hall–Kier alpha value is -2.97. The highest BCUT2D eigenvalue weighted by molar-refractivity contribution is 7.16. The van der Waals surface area contributed by atoms with E-state index in [4.69, 9.17) is 4.99 Å². The summed E-state index contributed by atoms with van der Waals surface area (Å²) in [7, 11) is 0. The molecule has 4 aliphatic rings. The Labute approximate surface area is 216 Å². The number of nitrogens with zero attached hydrogens (tertiary/aromatic N) is 4. The third kappa shape index (κ3) is 4.37. The summed E-state index contributed by atoms with van der Waals surface area (Å²) in [6, 6.07) is 10.5. The lowest BCUT2D eigenvalue weighted by molar-refractivity contribution is -0.139. The fraction of sp³-hybridized carbons (Fsp3) is 0.464. The number of thiophene rings is 1. The number of likely N-dealkylation sites (tertiary alicyclic amines) is 1. The van der Waals surface area contributed by atoms with Gasteiger partial charge in [-0.25, -0.2) is 4.99 Å². The standard InChI is InChI=1S/C28H33N5O2S/c1-19-18-22-25(29-23-10-4-5-11-24(23)30-26(22)36-19)32-16-14-31(15-17-32)12-6-7-13-33-27(34)20-8-2-3-9-21(20)28(33)35/h2-5,10-11,18,20-21,30H,6-9,12-17H2,1H3. The van der Waals surface area contributed by atoms with E-state index in [1.165, 1.54) is 20.3 Å². The summed E-state index contributed by atoms with van der Waals surface area (Å²) < 4.78 is 0. The third-order valence-corrected chi connectivity index (χ3v) is 8.82. The maximum absolute atomic E-state index is 12.7. The highest BCUT2D eigenvalue weighted by Crippen LogP contribution is 2.39. The number of aliphatic imine (C=N–C) groups is 1. The van der Waals surface area contributed by atoms with Gasteiger partial charge in [-0.1, -0.05) is 24.3 Å². The van der Waals surface area contributed by atoms with Gasteiger partial charge in [0.05, 0.1) is 28.8 Å². The Morgan fingerprint density at radius 2 is 1.67 bits per heavy atom. The van der Waals surface area contributed by atoms with Crippen molar-refractivity contribution in [1.82, 2.24) is 14.7 Å². The monoisotopic (exact) mass is 503 g/mol. The molecule has 36 heavy (non-hydrogen) atoms. The average Bonchev–Trinajstić information content (AvgIpc) is 3.32. The van der Waals surface area contributed by atoms with Crippen LogP contribution in [0.25, 0.3) is 0 Å². The van der Waals surface area contributed by atoms with Crippen LogP contribution in [0.1, 0.15) is 36.1 Å². The first-order valence-electron chi connectivity index (χ1n) is 13.1. The number of rotatable bonds is 5. The second-order valence-corrected chi connectivity index (χ2v) is 11.5. The molecule has 1 aliphatic carbocycles. The molecule has 2 fully saturated rings. The minimum atomic E-state index is -0.114. The molecule has 2 amide bonds. The van der Waals surface area contributed by atoms with Crippen molar-refractivity contribution < 1.29 is 9.59 Å². The van der Waals surface area contributed by atoms with Crippen molar-refractivity contribution in [2.75, 3.05) is 44.6 Å². The van der Waals surface area contributed by atoms with Crippen LogP contribution in [0.3, 0.4) is 0 Å². The Balaban J connectivity index is 1.03. The number of carbonyl (C=O) groups excluding carboxylic acids is 2. The van der Waals surface area contributed by atoms with Gasteiger partial charge in [0.1, 0.15) is 10.8 Å². The molecule has 1 aromatic carbocycles. The van der Waals surface area contributed by atoms with Gasteiger partial charge in [0.15, 0.2) is 0 Å². The molecule has 7 nitrogen and oxygen atoms in total. The average molecular weight is 504 g/mol. The van der Waals surface area contributed by atoms with E-state index >= 15 is 0 Å². The number of fused-ring (bicyclic) bond motifs is 3. The van der Waals surface area contributed by atoms with Gasteiger partial charge in [-0.05, 0) is 57.4 Å².